The first-order valence-corrected chi connectivity index (χ1v) is 8.22. The molecule has 1 amide bonds. The van der Waals surface area contributed by atoms with Crippen molar-refractivity contribution in [3.63, 3.8) is 0 Å². The number of nitrogens with zero attached hydrogens (tertiary/aromatic N) is 2. The van der Waals surface area contributed by atoms with E-state index in [0.29, 0.717) is 26.2 Å². The van der Waals surface area contributed by atoms with Gasteiger partial charge in [-0.2, -0.15) is 0 Å². The van der Waals surface area contributed by atoms with E-state index in [1.165, 1.54) is 17.4 Å². The quantitative estimate of drug-likeness (QED) is 0.855. The van der Waals surface area contributed by atoms with Gasteiger partial charge in [0, 0.05) is 39.3 Å². The molecule has 1 aromatic carbocycles. The number of hydrogen-bond acceptors (Lipinski definition) is 3. The van der Waals surface area contributed by atoms with E-state index in [1.807, 2.05) is 0 Å². The summed E-state index contributed by atoms with van der Waals surface area (Å²) < 4.78 is 33.2. The van der Waals surface area contributed by atoms with E-state index >= 15 is 0 Å². The number of ether oxygens (including phenoxy) is 1. The molecule has 6 heteroatoms. The molecule has 4 nitrogen and oxygen atoms in total. The zero-order valence-electron chi connectivity index (χ0n) is 13.1. The van der Waals surface area contributed by atoms with E-state index in [2.05, 4.69) is 4.90 Å². The smallest absolute Gasteiger partial charge is 0.259 e. The van der Waals surface area contributed by atoms with Crippen LogP contribution < -0.4 is 0 Å². The predicted molar refractivity (Wildman–Crippen MR) is 82.3 cm³/mol. The van der Waals surface area contributed by atoms with Gasteiger partial charge in [0.2, 0.25) is 0 Å². The zero-order valence-corrected chi connectivity index (χ0v) is 13.1. The van der Waals surface area contributed by atoms with Gasteiger partial charge in [0.1, 0.15) is 17.2 Å². The summed E-state index contributed by atoms with van der Waals surface area (Å²) in [4.78, 5) is 16.1. The minimum atomic E-state index is -0.798. The first-order chi connectivity index (χ1) is 11.1. The van der Waals surface area contributed by atoms with Gasteiger partial charge in [0.25, 0.3) is 5.91 Å². The second kappa shape index (κ2) is 7.36. The van der Waals surface area contributed by atoms with Gasteiger partial charge in [-0.3, -0.25) is 9.69 Å². The van der Waals surface area contributed by atoms with Crippen molar-refractivity contribution in [2.75, 3.05) is 39.3 Å². The Bertz CT molecular complexity index is 533. The number of halogens is 2. The Hall–Kier alpha value is -1.53. The van der Waals surface area contributed by atoms with Crippen LogP contribution in [0.1, 0.15) is 29.6 Å². The third-order valence-electron chi connectivity index (χ3n) is 4.57. The van der Waals surface area contributed by atoms with Crippen LogP contribution in [0.2, 0.25) is 0 Å². The molecular formula is C17H22F2N2O2. The van der Waals surface area contributed by atoms with Crippen LogP contribution >= 0.6 is 0 Å². The van der Waals surface area contributed by atoms with Crippen LogP contribution in [0, 0.1) is 11.6 Å². The lowest BCUT2D eigenvalue weighted by molar-refractivity contribution is -0.0130. The van der Waals surface area contributed by atoms with Crippen LogP contribution in [-0.2, 0) is 4.74 Å². The van der Waals surface area contributed by atoms with Gasteiger partial charge >= 0.3 is 0 Å². The number of carbonyl (C=O) groups is 1. The zero-order chi connectivity index (χ0) is 16.2. The standard InChI is InChI=1S/C17H22F2N2O2/c18-14-5-3-6-15(19)16(14)17(22)21-9-7-20(8-10-21)12-13-4-1-2-11-23-13/h3,5-6,13H,1-2,4,7-12H2. The molecule has 0 bridgehead atoms. The molecule has 2 aliphatic heterocycles. The molecular weight excluding hydrogens is 302 g/mol. The summed E-state index contributed by atoms with van der Waals surface area (Å²) in [7, 11) is 0. The van der Waals surface area contributed by atoms with Crippen molar-refractivity contribution in [2.24, 2.45) is 0 Å². The van der Waals surface area contributed by atoms with Crippen LogP contribution in [0.5, 0.6) is 0 Å². The number of carbonyl (C=O) groups excluding carboxylic acids is 1. The van der Waals surface area contributed by atoms with E-state index < -0.39 is 23.1 Å². The summed E-state index contributed by atoms with van der Waals surface area (Å²) in [5.74, 6) is -2.16. The highest BCUT2D eigenvalue weighted by atomic mass is 19.1. The topological polar surface area (TPSA) is 32.8 Å². The highest BCUT2D eigenvalue weighted by molar-refractivity contribution is 5.94. The monoisotopic (exact) mass is 324 g/mol. The molecule has 3 rings (SSSR count). The largest absolute Gasteiger partial charge is 0.377 e. The number of benzene rings is 1. The van der Waals surface area contributed by atoms with Crippen molar-refractivity contribution in [3.05, 3.63) is 35.4 Å². The van der Waals surface area contributed by atoms with Gasteiger partial charge in [-0.05, 0) is 31.4 Å². The van der Waals surface area contributed by atoms with Gasteiger partial charge in [-0.1, -0.05) is 6.07 Å². The summed E-state index contributed by atoms with van der Waals surface area (Å²) in [6.07, 6.45) is 3.69. The molecule has 2 saturated heterocycles. The van der Waals surface area contributed by atoms with E-state index in [0.717, 1.165) is 38.1 Å². The Morgan fingerprint density at radius 2 is 1.83 bits per heavy atom. The molecule has 2 heterocycles. The highest BCUT2D eigenvalue weighted by Crippen LogP contribution is 2.18. The van der Waals surface area contributed by atoms with Crippen molar-refractivity contribution >= 4 is 5.91 Å². The van der Waals surface area contributed by atoms with E-state index in [9.17, 15) is 13.6 Å². The van der Waals surface area contributed by atoms with E-state index in [4.69, 9.17) is 4.74 Å². The van der Waals surface area contributed by atoms with Gasteiger partial charge in [-0.15, -0.1) is 0 Å². The molecule has 2 fully saturated rings. The molecule has 0 aromatic heterocycles. The summed E-state index contributed by atoms with van der Waals surface area (Å²) >= 11 is 0. The average molecular weight is 324 g/mol. The fourth-order valence-corrected chi connectivity index (χ4v) is 3.23. The molecule has 0 saturated carbocycles. The van der Waals surface area contributed by atoms with E-state index in [-0.39, 0.29) is 6.10 Å². The third-order valence-corrected chi connectivity index (χ3v) is 4.57. The predicted octanol–water partition coefficient (Wildman–Crippen LogP) is 2.29. The first kappa shape index (κ1) is 16.3. The molecule has 0 spiro atoms. The molecule has 23 heavy (non-hydrogen) atoms. The molecule has 1 atom stereocenters. The number of hydrogen-bond donors (Lipinski definition) is 0. The fraction of sp³-hybridized carbons (Fsp3) is 0.588. The lowest BCUT2D eigenvalue weighted by Crippen LogP contribution is -2.51. The van der Waals surface area contributed by atoms with Gasteiger partial charge in [0.05, 0.1) is 6.10 Å². The van der Waals surface area contributed by atoms with Crippen LogP contribution in [-0.4, -0.2) is 61.1 Å². The Balaban J connectivity index is 1.55. The lowest BCUT2D eigenvalue weighted by atomic mass is 10.1. The molecule has 0 N–H and O–H groups in total. The van der Waals surface area contributed by atoms with Crippen LogP contribution in [0.4, 0.5) is 8.78 Å². The minimum Gasteiger partial charge on any atom is -0.377 e. The Morgan fingerprint density at radius 3 is 2.43 bits per heavy atom. The third kappa shape index (κ3) is 3.87. The summed E-state index contributed by atoms with van der Waals surface area (Å²) in [6.45, 7) is 4.09. The average Bonchev–Trinajstić information content (AvgIpc) is 2.56. The van der Waals surface area contributed by atoms with Crippen molar-refractivity contribution in [2.45, 2.75) is 25.4 Å². The molecule has 0 radical (unpaired) electrons. The second-order valence-corrected chi connectivity index (χ2v) is 6.18. The lowest BCUT2D eigenvalue weighted by Gasteiger charge is -2.37. The Morgan fingerprint density at radius 1 is 1.13 bits per heavy atom. The van der Waals surface area contributed by atoms with Crippen molar-refractivity contribution < 1.29 is 18.3 Å². The summed E-state index contributed by atoms with van der Waals surface area (Å²) in [5.41, 5.74) is -0.448. The van der Waals surface area contributed by atoms with Crippen molar-refractivity contribution in [1.29, 1.82) is 0 Å². The van der Waals surface area contributed by atoms with Crippen molar-refractivity contribution in [3.8, 4) is 0 Å². The maximum absolute atomic E-state index is 13.7. The highest BCUT2D eigenvalue weighted by Gasteiger charge is 2.27. The Labute approximate surface area is 135 Å². The first-order valence-electron chi connectivity index (χ1n) is 8.22. The summed E-state index contributed by atoms with van der Waals surface area (Å²) in [5, 5.41) is 0. The fourth-order valence-electron chi connectivity index (χ4n) is 3.23. The maximum atomic E-state index is 13.7. The minimum absolute atomic E-state index is 0.273. The molecule has 1 aromatic rings. The van der Waals surface area contributed by atoms with Gasteiger partial charge in [0.15, 0.2) is 0 Å². The van der Waals surface area contributed by atoms with E-state index in [1.54, 1.807) is 0 Å². The molecule has 2 aliphatic rings. The number of rotatable bonds is 3. The van der Waals surface area contributed by atoms with Crippen LogP contribution in [0.3, 0.4) is 0 Å². The van der Waals surface area contributed by atoms with Crippen LogP contribution in [0.25, 0.3) is 0 Å². The van der Waals surface area contributed by atoms with Gasteiger partial charge < -0.3 is 9.64 Å². The number of piperazine rings is 1. The second-order valence-electron chi connectivity index (χ2n) is 6.18. The summed E-state index contributed by atoms with van der Waals surface area (Å²) in [6, 6.07) is 3.50. The Kier molecular flexibility index (Phi) is 5.23. The van der Waals surface area contributed by atoms with Crippen molar-refractivity contribution in [1.82, 2.24) is 9.80 Å². The van der Waals surface area contributed by atoms with Gasteiger partial charge in [-0.25, -0.2) is 8.78 Å². The van der Waals surface area contributed by atoms with Crippen LogP contribution in [0.15, 0.2) is 18.2 Å². The maximum Gasteiger partial charge on any atom is 0.259 e. The molecule has 0 aliphatic carbocycles. The molecule has 126 valence electrons. The number of amides is 1. The molecule has 1 unspecified atom stereocenters. The SMILES string of the molecule is O=C(c1c(F)cccc1F)N1CCN(CC2CCCCO2)CC1. The normalized spacial score (nSPS) is 23.0.